The first-order valence-electron chi connectivity index (χ1n) is 12.3. The van der Waals surface area contributed by atoms with E-state index in [2.05, 4.69) is 26.8 Å². The van der Waals surface area contributed by atoms with Gasteiger partial charge in [0.25, 0.3) is 0 Å². The third kappa shape index (κ3) is 3.00. The highest BCUT2D eigenvalue weighted by molar-refractivity contribution is 5.88. The number of benzene rings is 1. The summed E-state index contributed by atoms with van der Waals surface area (Å²) >= 11 is 0. The largest absolute Gasteiger partial charge is 0.460 e. The minimum absolute atomic E-state index is 0.0881. The van der Waals surface area contributed by atoms with Crippen molar-refractivity contribution in [2.24, 2.45) is 33.5 Å². The molecule has 0 aliphatic heterocycles. The monoisotopic (exact) mass is 433 g/mol. The summed E-state index contributed by atoms with van der Waals surface area (Å²) in [5.41, 5.74) is 1.12. The summed E-state index contributed by atoms with van der Waals surface area (Å²) in [6.07, 6.45) is 9.12. The van der Waals surface area contributed by atoms with Crippen LogP contribution in [-0.4, -0.2) is 11.8 Å². The van der Waals surface area contributed by atoms with Gasteiger partial charge in [-0.25, -0.2) is 0 Å². The van der Waals surface area contributed by atoms with E-state index in [1.165, 1.54) is 0 Å². The average molecular weight is 434 g/mol. The van der Waals surface area contributed by atoms with Gasteiger partial charge in [0, 0.05) is 11.8 Å². The first kappa shape index (κ1) is 21.7. The van der Waals surface area contributed by atoms with Gasteiger partial charge < -0.3 is 4.74 Å². The zero-order valence-electron chi connectivity index (χ0n) is 19.7. The number of nitriles is 1. The Bertz CT molecular complexity index is 1010. The number of carbonyl (C=O) groups excluding carboxylic acids is 2. The molecule has 0 unspecified atom stereocenters. The lowest BCUT2D eigenvalue weighted by molar-refractivity contribution is -0.188. The predicted molar refractivity (Wildman–Crippen MR) is 121 cm³/mol. The van der Waals surface area contributed by atoms with Gasteiger partial charge in [-0.2, -0.15) is 5.26 Å². The topological polar surface area (TPSA) is 67.2 Å². The van der Waals surface area contributed by atoms with E-state index >= 15 is 0 Å². The Morgan fingerprint density at radius 3 is 2.69 bits per heavy atom. The molecule has 2 bridgehead atoms. The fourth-order valence-electron chi connectivity index (χ4n) is 8.79. The van der Waals surface area contributed by atoms with Crippen molar-refractivity contribution in [2.45, 2.75) is 85.2 Å². The molecule has 4 fully saturated rings. The molecule has 0 radical (unpaired) electrons. The lowest BCUT2D eigenvalue weighted by atomic mass is 9.40. The molecular weight excluding hydrogens is 398 g/mol. The van der Waals surface area contributed by atoms with Crippen molar-refractivity contribution in [3.8, 4) is 6.07 Å². The number of esters is 1. The Balaban J connectivity index is 1.38. The molecule has 4 heteroatoms. The molecule has 4 aliphatic rings. The van der Waals surface area contributed by atoms with E-state index < -0.39 is 5.41 Å². The molecule has 1 spiro atoms. The second-order valence-corrected chi connectivity index (χ2v) is 12.0. The Kier molecular flexibility index (Phi) is 4.86. The maximum atomic E-state index is 13.5. The van der Waals surface area contributed by atoms with Crippen molar-refractivity contribution >= 4 is 11.8 Å². The van der Waals surface area contributed by atoms with Gasteiger partial charge in [-0.3, -0.25) is 9.59 Å². The van der Waals surface area contributed by atoms with Crippen molar-refractivity contribution in [2.75, 3.05) is 0 Å². The summed E-state index contributed by atoms with van der Waals surface area (Å²) in [5.74, 6) is 1.24. The number of rotatable bonds is 3. The van der Waals surface area contributed by atoms with Crippen LogP contribution in [-0.2, 0) is 20.9 Å². The molecule has 0 amide bonds. The minimum atomic E-state index is -0.481. The van der Waals surface area contributed by atoms with Crippen LogP contribution in [0, 0.1) is 44.8 Å². The number of Topliss-reactive ketones (excluding diaryl/α,β-unsaturated/α-hetero) is 1. The molecule has 0 N–H and O–H groups in total. The second kappa shape index (κ2) is 7.17. The lowest BCUT2D eigenvalue weighted by Crippen LogP contribution is -2.58. The fraction of sp³-hybridized carbons (Fsp3) is 0.679. The van der Waals surface area contributed by atoms with Crippen LogP contribution in [0.2, 0.25) is 0 Å². The lowest BCUT2D eigenvalue weighted by Gasteiger charge is -2.63. The van der Waals surface area contributed by atoms with E-state index in [-0.39, 0.29) is 28.8 Å². The standard InChI is InChI=1S/C28H35NO3/c1-25-12-8-22-26(2)10-5-11-27(3,21(26)9-13-28(22,18-25)15-23(25)30)24(31)32-17-20-7-4-6-19(14-20)16-29/h4,6-7,14,21-22H,5,8-13,15,17-18H2,1-3H3/t21-,22-,25-,26+,27+,28-/m0/s1. The van der Waals surface area contributed by atoms with Gasteiger partial charge in [0.1, 0.15) is 12.4 Å². The van der Waals surface area contributed by atoms with Crippen LogP contribution >= 0.6 is 0 Å². The van der Waals surface area contributed by atoms with Gasteiger partial charge in [0.2, 0.25) is 0 Å². The number of hydrogen-bond donors (Lipinski definition) is 0. The van der Waals surface area contributed by atoms with Crippen LogP contribution in [0.15, 0.2) is 24.3 Å². The summed E-state index contributed by atoms with van der Waals surface area (Å²) in [6, 6.07) is 9.44. The van der Waals surface area contributed by atoms with Crippen LogP contribution < -0.4 is 0 Å². The van der Waals surface area contributed by atoms with Gasteiger partial charge in [0.05, 0.1) is 17.0 Å². The molecule has 6 atom stereocenters. The normalized spacial score (nSPS) is 42.5. The molecule has 1 aromatic rings. The van der Waals surface area contributed by atoms with E-state index in [4.69, 9.17) is 10.00 Å². The third-order valence-electron chi connectivity index (χ3n) is 10.2. The first-order chi connectivity index (χ1) is 15.2. The molecular formula is C28H35NO3. The Morgan fingerprint density at radius 2 is 1.91 bits per heavy atom. The molecule has 170 valence electrons. The molecule has 0 saturated heterocycles. The molecule has 0 heterocycles. The van der Waals surface area contributed by atoms with Crippen molar-refractivity contribution in [1.29, 1.82) is 5.26 Å². The second-order valence-electron chi connectivity index (χ2n) is 12.0. The SMILES string of the molecule is C[C@@]12CC[C@@H]3[C@@](CC[C@H]4[C@@]3(C)CCC[C@@]4(C)C(=O)OCc3cccc(C#N)c3)(CC1=O)C2. The number of fused-ring (bicyclic) bond motifs is 3. The average Bonchev–Trinajstić information content (AvgIpc) is 2.95. The molecule has 1 aromatic carbocycles. The Morgan fingerprint density at radius 1 is 1.12 bits per heavy atom. The smallest absolute Gasteiger partial charge is 0.312 e. The van der Waals surface area contributed by atoms with Crippen molar-refractivity contribution in [1.82, 2.24) is 0 Å². The molecule has 5 rings (SSSR count). The third-order valence-corrected chi connectivity index (χ3v) is 10.2. The van der Waals surface area contributed by atoms with Crippen LogP contribution in [0.4, 0.5) is 0 Å². The Labute approximate surface area is 191 Å². The van der Waals surface area contributed by atoms with Gasteiger partial charge in [-0.05, 0) is 92.2 Å². The number of ether oxygens (including phenoxy) is 1. The highest BCUT2D eigenvalue weighted by Crippen LogP contribution is 2.73. The quantitative estimate of drug-likeness (QED) is 0.551. The predicted octanol–water partition coefficient (Wildman–Crippen LogP) is 5.97. The van der Waals surface area contributed by atoms with E-state index in [0.29, 0.717) is 23.2 Å². The maximum absolute atomic E-state index is 13.5. The minimum Gasteiger partial charge on any atom is -0.460 e. The van der Waals surface area contributed by atoms with Gasteiger partial charge in [-0.15, -0.1) is 0 Å². The van der Waals surface area contributed by atoms with Crippen molar-refractivity contribution < 1.29 is 14.3 Å². The molecule has 32 heavy (non-hydrogen) atoms. The van der Waals surface area contributed by atoms with Gasteiger partial charge in [-0.1, -0.05) is 32.4 Å². The summed E-state index contributed by atoms with van der Waals surface area (Å²) in [6.45, 7) is 6.97. The maximum Gasteiger partial charge on any atom is 0.312 e. The molecule has 4 saturated carbocycles. The van der Waals surface area contributed by atoms with Crippen LogP contribution in [0.1, 0.15) is 89.7 Å². The number of ketones is 1. The number of carbonyl (C=O) groups is 2. The van der Waals surface area contributed by atoms with E-state index in [9.17, 15) is 9.59 Å². The van der Waals surface area contributed by atoms with Crippen LogP contribution in [0.25, 0.3) is 0 Å². The number of nitrogens with zero attached hydrogens (tertiary/aromatic N) is 1. The highest BCUT2D eigenvalue weighted by Gasteiger charge is 2.68. The summed E-state index contributed by atoms with van der Waals surface area (Å²) in [7, 11) is 0. The zero-order chi connectivity index (χ0) is 22.8. The van der Waals surface area contributed by atoms with Gasteiger partial charge >= 0.3 is 5.97 Å². The van der Waals surface area contributed by atoms with E-state index in [1.807, 2.05) is 12.1 Å². The van der Waals surface area contributed by atoms with Crippen LogP contribution in [0.5, 0.6) is 0 Å². The Hall–Kier alpha value is -2.15. The van der Waals surface area contributed by atoms with E-state index in [1.54, 1.807) is 12.1 Å². The first-order valence-corrected chi connectivity index (χ1v) is 12.3. The molecule has 4 aliphatic carbocycles. The summed E-state index contributed by atoms with van der Waals surface area (Å²) < 4.78 is 5.89. The zero-order valence-corrected chi connectivity index (χ0v) is 19.7. The number of hydrogen-bond acceptors (Lipinski definition) is 4. The summed E-state index contributed by atoms with van der Waals surface area (Å²) in [4.78, 5) is 26.4. The summed E-state index contributed by atoms with van der Waals surface area (Å²) in [5, 5.41) is 9.13. The van der Waals surface area contributed by atoms with E-state index in [0.717, 1.165) is 63.4 Å². The van der Waals surface area contributed by atoms with Gasteiger partial charge in [0.15, 0.2) is 0 Å². The fourth-order valence-corrected chi connectivity index (χ4v) is 8.79. The van der Waals surface area contributed by atoms with Crippen molar-refractivity contribution in [3.63, 3.8) is 0 Å². The van der Waals surface area contributed by atoms with Crippen LogP contribution in [0.3, 0.4) is 0 Å². The highest BCUT2D eigenvalue weighted by atomic mass is 16.5. The molecule has 0 aromatic heterocycles. The molecule has 4 nitrogen and oxygen atoms in total. The van der Waals surface area contributed by atoms with Crippen molar-refractivity contribution in [3.05, 3.63) is 35.4 Å².